The van der Waals surface area contributed by atoms with E-state index < -0.39 is 16.0 Å². The number of hydrogen-bond acceptors (Lipinski definition) is 7. The number of pyridine rings is 1. The molecule has 0 radical (unpaired) electrons. The summed E-state index contributed by atoms with van der Waals surface area (Å²) in [6, 6.07) is 9.70. The number of carbonyl (C=O) groups is 1. The van der Waals surface area contributed by atoms with E-state index in [-0.39, 0.29) is 29.3 Å². The lowest BCUT2D eigenvalue weighted by Crippen LogP contribution is -2.26. The Hall–Kier alpha value is -2.56. The number of esters is 1. The van der Waals surface area contributed by atoms with Crippen LogP contribution in [0.2, 0.25) is 0 Å². The number of nitrogens with one attached hydrogen (secondary N) is 1. The second-order valence-corrected chi connectivity index (χ2v) is 8.63. The Balaban J connectivity index is 1.55. The molecule has 0 spiro atoms. The molecule has 3 heterocycles. The Morgan fingerprint density at radius 3 is 2.85 bits per heavy atom. The Morgan fingerprint density at radius 1 is 1.30 bits per heavy atom. The van der Waals surface area contributed by atoms with Crippen molar-refractivity contribution >= 4 is 33.0 Å². The van der Waals surface area contributed by atoms with Crippen molar-refractivity contribution in [2.24, 2.45) is 0 Å². The van der Waals surface area contributed by atoms with Crippen molar-refractivity contribution in [3.63, 3.8) is 0 Å². The molecule has 0 saturated carbocycles. The predicted molar refractivity (Wildman–Crippen MR) is 100 cm³/mol. The van der Waals surface area contributed by atoms with Gasteiger partial charge in [-0.25, -0.2) is 18.1 Å². The van der Waals surface area contributed by atoms with Crippen LogP contribution in [0.3, 0.4) is 0 Å². The minimum Gasteiger partial charge on any atom is -0.459 e. The molecule has 0 bridgehead atoms. The van der Waals surface area contributed by atoms with Crippen LogP contribution in [0.4, 0.5) is 0 Å². The van der Waals surface area contributed by atoms with Crippen LogP contribution in [0.25, 0.3) is 5.65 Å². The maximum atomic E-state index is 12.2. The normalized spacial score (nSPS) is 11.6. The molecule has 27 heavy (non-hydrogen) atoms. The van der Waals surface area contributed by atoms with Crippen molar-refractivity contribution in [1.29, 1.82) is 0 Å². The van der Waals surface area contributed by atoms with Crippen molar-refractivity contribution in [3.8, 4) is 0 Å². The number of nitrogens with zero attached hydrogens (tertiary/aromatic N) is 2. The zero-order chi connectivity index (χ0) is 19.4. The minimum atomic E-state index is -3.61. The van der Waals surface area contributed by atoms with Crippen LogP contribution in [-0.2, 0) is 26.2 Å². The van der Waals surface area contributed by atoms with E-state index in [4.69, 9.17) is 4.74 Å². The topological polar surface area (TPSA) is 107 Å². The van der Waals surface area contributed by atoms with E-state index >= 15 is 0 Å². The summed E-state index contributed by atoms with van der Waals surface area (Å²) in [5, 5.41) is 1.66. The van der Waals surface area contributed by atoms with E-state index in [0.29, 0.717) is 11.3 Å². The summed E-state index contributed by atoms with van der Waals surface area (Å²) in [6.45, 7) is 1.56. The highest BCUT2D eigenvalue weighted by molar-refractivity contribution is 7.91. The van der Waals surface area contributed by atoms with Gasteiger partial charge in [-0.1, -0.05) is 12.1 Å². The van der Waals surface area contributed by atoms with Gasteiger partial charge in [-0.05, 0) is 30.5 Å². The molecule has 1 N–H and O–H groups in total. The van der Waals surface area contributed by atoms with Crippen LogP contribution >= 0.6 is 11.3 Å². The van der Waals surface area contributed by atoms with E-state index in [2.05, 4.69) is 9.71 Å². The Labute approximate surface area is 159 Å². The molecule has 0 aliphatic heterocycles. The molecule has 8 nitrogen and oxygen atoms in total. The standard InChI is InChI=1S/C17H17N3O5S2/c1-12-4-2-5-14-19-13(10-15(21)20(12)14)11-25-16(22)7-8-18-27(23,24)17-6-3-9-26-17/h2-6,9-10,18H,7-8,11H2,1H3. The largest absolute Gasteiger partial charge is 0.459 e. The molecule has 0 atom stereocenters. The molecular weight excluding hydrogens is 390 g/mol. The van der Waals surface area contributed by atoms with Crippen LogP contribution in [0.15, 0.2) is 50.8 Å². The van der Waals surface area contributed by atoms with Crippen LogP contribution in [0.5, 0.6) is 0 Å². The highest BCUT2D eigenvalue weighted by atomic mass is 32.2. The second-order valence-electron chi connectivity index (χ2n) is 5.69. The molecule has 0 aromatic carbocycles. The van der Waals surface area contributed by atoms with Crippen molar-refractivity contribution in [2.75, 3.05) is 6.54 Å². The number of sulfonamides is 1. The smallest absolute Gasteiger partial charge is 0.307 e. The lowest BCUT2D eigenvalue weighted by Gasteiger charge is -2.08. The highest BCUT2D eigenvalue weighted by Crippen LogP contribution is 2.15. The maximum absolute atomic E-state index is 12.2. The first-order valence-corrected chi connectivity index (χ1v) is 10.4. The average Bonchev–Trinajstić information content (AvgIpc) is 3.15. The number of hydrogen-bond donors (Lipinski definition) is 1. The fourth-order valence-corrected chi connectivity index (χ4v) is 4.51. The summed E-state index contributed by atoms with van der Waals surface area (Å²) >= 11 is 1.09. The van der Waals surface area contributed by atoms with E-state index in [1.54, 1.807) is 36.6 Å². The molecule has 142 valence electrons. The van der Waals surface area contributed by atoms with Gasteiger partial charge >= 0.3 is 5.97 Å². The van der Waals surface area contributed by atoms with Gasteiger partial charge in [0, 0.05) is 18.3 Å². The van der Waals surface area contributed by atoms with Gasteiger partial charge in [0.15, 0.2) is 0 Å². The summed E-state index contributed by atoms with van der Waals surface area (Å²) in [7, 11) is -3.61. The number of rotatable bonds is 7. The third-order valence-corrected chi connectivity index (χ3v) is 6.55. The third kappa shape index (κ3) is 4.59. The first kappa shape index (κ1) is 19.2. The molecular formula is C17H17N3O5S2. The fourth-order valence-electron chi connectivity index (χ4n) is 2.44. The number of ether oxygens (including phenoxy) is 1. The maximum Gasteiger partial charge on any atom is 0.307 e. The van der Waals surface area contributed by atoms with Crippen molar-refractivity contribution in [2.45, 2.75) is 24.2 Å². The first-order chi connectivity index (χ1) is 12.9. The van der Waals surface area contributed by atoms with Gasteiger partial charge < -0.3 is 4.74 Å². The summed E-state index contributed by atoms with van der Waals surface area (Å²) in [6.07, 6.45) is -0.129. The number of carbonyl (C=O) groups excluding carboxylic acids is 1. The lowest BCUT2D eigenvalue weighted by atomic mass is 10.3. The van der Waals surface area contributed by atoms with Crippen molar-refractivity contribution < 1.29 is 17.9 Å². The molecule has 0 aliphatic rings. The van der Waals surface area contributed by atoms with Gasteiger partial charge in [0.25, 0.3) is 5.56 Å². The predicted octanol–water partition coefficient (Wildman–Crippen LogP) is 1.48. The molecule has 3 aromatic rings. The molecule has 0 aliphatic carbocycles. The highest BCUT2D eigenvalue weighted by Gasteiger charge is 2.15. The van der Waals surface area contributed by atoms with Gasteiger partial charge in [-0.15, -0.1) is 11.3 Å². The second kappa shape index (κ2) is 7.99. The Kier molecular flexibility index (Phi) is 5.68. The van der Waals surface area contributed by atoms with Gasteiger partial charge in [0.05, 0.1) is 12.1 Å². The third-order valence-electron chi connectivity index (χ3n) is 3.70. The monoisotopic (exact) mass is 407 g/mol. The Bertz CT molecular complexity index is 1120. The van der Waals surface area contributed by atoms with Crippen LogP contribution in [-0.4, -0.2) is 30.3 Å². The summed E-state index contributed by atoms with van der Waals surface area (Å²) in [4.78, 5) is 28.3. The van der Waals surface area contributed by atoms with Crippen molar-refractivity contribution in [3.05, 3.63) is 63.5 Å². The number of thiophene rings is 1. The first-order valence-electron chi connectivity index (χ1n) is 8.04. The van der Waals surface area contributed by atoms with Gasteiger partial charge in [-0.2, -0.15) is 0 Å². The van der Waals surface area contributed by atoms with Crippen LogP contribution in [0, 0.1) is 6.92 Å². The van der Waals surface area contributed by atoms with E-state index in [1.165, 1.54) is 16.5 Å². The summed E-state index contributed by atoms with van der Waals surface area (Å²) in [5.74, 6) is -0.588. The number of fused-ring (bicyclic) bond motifs is 1. The van der Waals surface area contributed by atoms with E-state index in [9.17, 15) is 18.0 Å². The number of aromatic nitrogens is 2. The molecule has 10 heteroatoms. The molecule has 0 amide bonds. The Morgan fingerprint density at radius 2 is 2.11 bits per heavy atom. The molecule has 3 aromatic heterocycles. The fraction of sp³-hybridized carbons (Fsp3) is 0.235. The van der Waals surface area contributed by atoms with Gasteiger partial charge in [0.2, 0.25) is 10.0 Å². The molecule has 3 rings (SSSR count). The molecule has 0 fully saturated rings. The SMILES string of the molecule is Cc1cccc2nc(COC(=O)CCNS(=O)(=O)c3cccs3)cc(=O)n12. The lowest BCUT2D eigenvalue weighted by molar-refractivity contribution is -0.144. The average molecular weight is 407 g/mol. The zero-order valence-corrected chi connectivity index (χ0v) is 16.0. The molecule has 0 saturated heterocycles. The van der Waals surface area contributed by atoms with E-state index in [0.717, 1.165) is 17.0 Å². The summed E-state index contributed by atoms with van der Waals surface area (Å²) < 4.78 is 33.0. The van der Waals surface area contributed by atoms with Gasteiger partial charge in [-0.3, -0.25) is 14.0 Å². The summed E-state index contributed by atoms with van der Waals surface area (Å²) in [5.41, 5.74) is 1.30. The van der Waals surface area contributed by atoms with Gasteiger partial charge in [0.1, 0.15) is 16.5 Å². The van der Waals surface area contributed by atoms with Crippen LogP contribution in [0.1, 0.15) is 17.8 Å². The minimum absolute atomic E-state index is 0.0773. The zero-order valence-electron chi connectivity index (χ0n) is 14.4. The van der Waals surface area contributed by atoms with E-state index in [1.807, 2.05) is 0 Å². The van der Waals surface area contributed by atoms with Crippen LogP contribution < -0.4 is 10.3 Å². The quantitative estimate of drug-likeness (QED) is 0.595. The molecule has 0 unspecified atom stereocenters. The van der Waals surface area contributed by atoms with Crippen molar-refractivity contribution in [1.82, 2.24) is 14.1 Å². The number of aryl methyl sites for hydroxylation is 1.